The molecule has 104 valence electrons. The number of oxime groups is 1. The highest BCUT2D eigenvalue weighted by molar-refractivity contribution is 5.86. The number of nitrogens with zero attached hydrogens (tertiary/aromatic N) is 1. The Hall–Kier alpha value is -1.72. The van der Waals surface area contributed by atoms with E-state index in [0.717, 1.165) is 11.3 Å². The summed E-state index contributed by atoms with van der Waals surface area (Å²) in [5, 5.41) is 3.93. The fourth-order valence-corrected chi connectivity index (χ4v) is 2.01. The zero-order valence-corrected chi connectivity index (χ0v) is 10.8. The van der Waals surface area contributed by atoms with Gasteiger partial charge in [0.05, 0.1) is 5.71 Å². The van der Waals surface area contributed by atoms with Gasteiger partial charge < -0.3 is 9.57 Å². The van der Waals surface area contributed by atoms with Crippen LogP contribution in [-0.2, 0) is 10.4 Å². The number of hydrogen-bond donors (Lipinski definition) is 0. The van der Waals surface area contributed by atoms with Gasteiger partial charge in [0.25, 0.3) is 0 Å². The van der Waals surface area contributed by atoms with Crippen molar-refractivity contribution in [2.75, 3.05) is 0 Å². The highest BCUT2D eigenvalue weighted by Gasteiger charge is 2.42. The molecule has 1 heterocycles. The monoisotopic (exact) mass is 273 g/mol. The summed E-state index contributed by atoms with van der Waals surface area (Å²) in [6.45, 7) is 5.68. The van der Waals surface area contributed by atoms with Gasteiger partial charge in [-0.05, 0) is 31.5 Å². The van der Waals surface area contributed by atoms with E-state index in [1.807, 2.05) is 20.8 Å². The van der Waals surface area contributed by atoms with Crippen LogP contribution in [-0.4, -0.2) is 12.1 Å². The summed E-state index contributed by atoms with van der Waals surface area (Å²) in [5.74, 6) is -0.190. The Labute approximate surface area is 109 Å². The van der Waals surface area contributed by atoms with Gasteiger partial charge in [-0.1, -0.05) is 24.2 Å². The Balaban J connectivity index is 2.20. The summed E-state index contributed by atoms with van der Waals surface area (Å²) in [6.07, 6.45) is -4.68. The Morgan fingerprint density at radius 3 is 2.26 bits per heavy atom. The van der Waals surface area contributed by atoms with Crippen LogP contribution in [0.3, 0.4) is 0 Å². The topological polar surface area (TPSA) is 30.8 Å². The average molecular weight is 273 g/mol. The molecule has 0 saturated carbocycles. The van der Waals surface area contributed by atoms with E-state index < -0.39 is 12.0 Å². The van der Waals surface area contributed by atoms with Crippen molar-refractivity contribution in [2.45, 2.75) is 32.7 Å². The van der Waals surface area contributed by atoms with Crippen molar-refractivity contribution in [2.24, 2.45) is 11.1 Å². The average Bonchev–Trinajstić information content (AvgIpc) is 2.57. The minimum absolute atomic E-state index is 0.0573. The number of benzene rings is 1. The van der Waals surface area contributed by atoms with E-state index in [2.05, 4.69) is 9.89 Å². The minimum atomic E-state index is -4.68. The maximum atomic E-state index is 12.1. The van der Waals surface area contributed by atoms with Gasteiger partial charge in [0.2, 0.25) is 0 Å². The van der Waals surface area contributed by atoms with Gasteiger partial charge >= 0.3 is 6.36 Å². The number of rotatable bonds is 2. The number of halogens is 3. The molecule has 0 bridgehead atoms. The molecular weight excluding hydrogens is 259 g/mol. The molecule has 0 aromatic heterocycles. The second-order valence-electron chi connectivity index (χ2n) is 4.72. The van der Waals surface area contributed by atoms with Crippen LogP contribution in [0.5, 0.6) is 5.75 Å². The van der Waals surface area contributed by atoms with Crippen molar-refractivity contribution < 1.29 is 22.7 Å². The first-order valence-corrected chi connectivity index (χ1v) is 5.81. The molecule has 19 heavy (non-hydrogen) atoms. The first-order valence-electron chi connectivity index (χ1n) is 5.81. The third kappa shape index (κ3) is 2.67. The Bertz CT molecular complexity index is 496. The molecule has 1 aliphatic heterocycles. The molecule has 2 rings (SSSR count). The Morgan fingerprint density at radius 1 is 1.26 bits per heavy atom. The van der Waals surface area contributed by atoms with Crippen LogP contribution in [0.1, 0.15) is 26.3 Å². The lowest BCUT2D eigenvalue weighted by Crippen LogP contribution is -2.30. The fourth-order valence-electron chi connectivity index (χ4n) is 2.01. The summed E-state index contributed by atoms with van der Waals surface area (Å²) in [5.41, 5.74) is 0.967. The van der Waals surface area contributed by atoms with Crippen molar-refractivity contribution in [3.63, 3.8) is 0 Å². The van der Waals surface area contributed by atoms with Crippen molar-refractivity contribution in [1.82, 2.24) is 0 Å². The van der Waals surface area contributed by atoms with E-state index in [-0.39, 0.29) is 11.7 Å². The number of ether oxygens (including phenoxy) is 1. The summed E-state index contributed by atoms with van der Waals surface area (Å²) in [4.78, 5) is 5.42. The Kier molecular flexibility index (Phi) is 3.20. The van der Waals surface area contributed by atoms with Crippen LogP contribution < -0.4 is 4.74 Å². The highest BCUT2D eigenvalue weighted by Crippen LogP contribution is 2.39. The quantitative estimate of drug-likeness (QED) is 0.819. The lowest BCUT2D eigenvalue weighted by molar-refractivity contribution is -0.274. The van der Waals surface area contributed by atoms with Gasteiger partial charge in [-0.2, -0.15) is 0 Å². The van der Waals surface area contributed by atoms with Gasteiger partial charge in [0, 0.05) is 5.92 Å². The van der Waals surface area contributed by atoms with Crippen LogP contribution in [0.15, 0.2) is 29.4 Å². The van der Waals surface area contributed by atoms with Gasteiger partial charge in [-0.25, -0.2) is 0 Å². The zero-order valence-electron chi connectivity index (χ0n) is 10.8. The number of alkyl halides is 3. The molecule has 2 unspecified atom stereocenters. The van der Waals surface area contributed by atoms with E-state index in [1.165, 1.54) is 12.1 Å². The second-order valence-corrected chi connectivity index (χ2v) is 4.72. The van der Waals surface area contributed by atoms with E-state index in [1.54, 1.807) is 12.1 Å². The van der Waals surface area contributed by atoms with Crippen molar-refractivity contribution >= 4 is 5.71 Å². The molecule has 0 N–H and O–H groups in total. The predicted octanol–water partition coefficient (Wildman–Crippen LogP) is 3.84. The van der Waals surface area contributed by atoms with Gasteiger partial charge in [0.1, 0.15) is 5.75 Å². The highest BCUT2D eigenvalue weighted by atomic mass is 19.4. The molecule has 2 atom stereocenters. The first-order chi connectivity index (χ1) is 8.72. The van der Waals surface area contributed by atoms with E-state index in [4.69, 9.17) is 4.84 Å². The zero-order chi connectivity index (χ0) is 14.3. The van der Waals surface area contributed by atoms with Crippen LogP contribution >= 0.6 is 0 Å². The predicted molar refractivity (Wildman–Crippen MR) is 63.8 cm³/mol. The molecule has 0 spiro atoms. The van der Waals surface area contributed by atoms with Crippen LogP contribution in [0, 0.1) is 5.92 Å². The van der Waals surface area contributed by atoms with Crippen LogP contribution in [0.4, 0.5) is 13.2 Å². The van der Waals surface area contributed by atoms with E-state index >= 15 is 0 Å². The third-order valence-electron chi connectivity index (χ3n) is 3.49. The van der Waals surface area contributed by atoms with Crippen LogP contribution in [0.25, 0.3) is 0 Å². The summed E-state index contributed by atoms with van der Waals surface area (Å²) >= 11 is 0. The molecule has 1 aromatic rings. The summed E-state index contributed by atoms with van der Waals surface area (Å²) in [7, 11) is 0. The normalized spacial score (nSPS) is 26.8. The molecule has 0 fully saturated rings. The fraction of sp³-hybridized carbons (Fsp3) is 0.462. The molecular formula is C13H14F3NO2. The maximum absolute atomic E-state index is 12.1. The van der Waals surface area contributed by atoms with Gasteiger partial charge in [-0.3, -0.25) is 0 Å². The molecule has 1 aliphatic rings. The summed E-state index contributed by atoms with van der Waals surface area (Å²) < 4.78 is 40.0. The SMILES string of the molecule is CC1=NOC(C)(c2ccc(OC(F)(F)F)cc2)C1C. The Morgan fingerprint density at radius 2 is 1.84 bits per heavy atom. The maximum Gasteiger partial charge on any atom is 0.573 e. The molecule has 0 radical (unpaired) electrons. The van der Waals surface area contributed by atoms with Gasteiger partial charge in [-0.15, -0.1) is 13.2 Å². The third-order valence-corrected chi connectivity index (χ3v) is 3.49. The van der Waals surface area contributed by atoms with Crippen molar-refractivity contribution in [3.8, 4) is 5.75 Å². The smallest absolute Gasteiger partial charge is 0.406 e. The lowest BCUT2D eigenvalue weighted by Gasteiger charge is -2.27. The minimum Gasteiger partial charge on any atom is -0.406 e. The molecule has 0 aliphatic carbocycles. The van der Waals surface area contributed by atoms with Crippen molar-refractivity contribution in [1.29, 1.82) is 0 Å². The van der Waals surface area contributed by atoms with Gasteiger partial charge in [0.15, 0.2) is 5.60 Å². The van der Waals surface area contributed by atoms with E-state index in [0.29, 0.717) is 0 Å². The number of hydrogen-bond acceptors (Lipinski definition) is 3. The molecule has 0 amide bonds. The molecule has 0 saturated heterocycles. The molecule has 1 aromatic carbocycles. The van der Waals surface area contributed by atoms with Crippen molar-refractivity contribution in [3.05, 3.63) is 29.8 Å². The standard InChI is InChI=1S/C13H14F3NO2/c1-8-9(2)17-19-12(8,3)10-4-6-11(7-5-10)18-13(14,15)16/h4-8H,1-3H3. The largest absolute Gasteiger partial charge is 0.573 e. The van der Waals surface area contributed by atoms with E-state index in [9.17, 15) is 13.2 Å². The molecule has 3 nitrogen and oxygen atoms in total. The van der Waals surface area contributed by atoms with Crippen LogP contribution in [0.2, 0.25) is 0 Å². The molecule has 6 heteroatoms. The summed E-state index contributed by atoms with van der Waals surface area (Å²) in [6, 6.07) is 5.67. The first kappa shape index (κ1) is 13.7. The lowest BCUT2D eigenvalue weighted by atomic mass is 9.82. The second kappa shape index (κ2) is 4.43.